The number of rotatable bonds is 2. The van der Waals surface area contributed by atoms with E-state index in [1.54, 1.807) is 0 Å². The number of β-amino-alcohol motifs (C(OH)–C–C–N with tert-alkyl or cyclic N) is 1. The largest absolute Gasteiger partial charge is 0.416 e. The first-order valence-corrected chi connectivity index (χ1v) is 6.02. The molecule has 1 saturated heterocycles. The van der Waals surface area contributed by atoms with Gasteiger partial charge >= 0.3 is 6.18 Å². The molecular weight excluding hydrogens is 243 g/mol. The number of likely N-dealkylation sites (tertiary alicyclic amines) is 1. The van der Waals surface area contributed by atoms with Crippen molar-refractivity contribution in [3.8, 4) is 0 Å². The molecule has 2 nitrogen and oxygen atoms in total. The Morgan fingerprint density at radius 1 is 1.22 bits per heavy atom. The fourth-order valence-corrected chi connectivity index (χ4v) is 2.23. The van der Waals surface area contributed by atoms with E-state index in [9.17, 15) is 18.3 Å². The Balaban J connectivity index is 1.98. The van der Waals surface area contributed by atoms with E-state index in [1.165, 1.54) is 12.1 Å². The van der Waals surface area contributed by atoms with E-state index in [0.717, 1.165) is 37.1 Å². The second kappa shape index (κ2) is 5.28. The maximum absolute atomic E-state index is 12.4. The Morgan fingerprint density at radius 2 is 1.89 bits per heavy atom. The molecule has 0 aromatic heterocycles. The summed E-state index contributed by atoms with van der Waals surface area (Å²) in [6.45, 7) is 2.08. The minimum Gasteiger partial charge on any atom is -0.392 e. The minimum atomic E-state index is -4.28. The van der Waals surface area contributed by atoms with Crippen molar-refractivity contribution in [2.75, 3.05) is 13.1 Å². The van der Waals surface area contributed by atoms with Crippen LogP contribution in [-0.4, -0.2) is 29.2 Å². The van der Waals surface area contributed by atoms with E-state index in [1.807, 2.05) is 0 Å². The number of aliphatic hydroxyl groups excluding tert-OH is 1. The number of hydrogen-bond acceptors (Lipinski definition) is 2. The molecule has 1 fully saturated rings. The van der Waals surface area contributed by atoms with Crippen molar-refractivity contribution in [2.45, 2.75) is 31.7 Å². The van der Waals surface area contributed by atoms with Crippen molar-refractivity contribution in [3.63, 3.8) is 0 Å². The van der Waals surface area contributed by atoms with Crippen LogP contribution in [0, 0.1) is 0 Å². The second-order valence-corrected chi connectivity index (χ2v) is 4.73. The number of nitrogens with zero attached hydrogens (tertiary/aromatic N) is 1. The van der Waals surface area contributed by atoms with Crippen LogP contribution >= 0.6 is 0 Å². The van der Waals surface area contributed by atoms with Gasteiger partial charge in [0.25, 0.3) is 0 Å². The minimum absolute atomic E-state index is 0.312. The van der Waals surface area contributed by atoms with E-state index >= 15 is 0 Å². The number of benzene rings is 1. The van der Waals surface area contributed by atoms with Gasteiger partial charge in [0.05, 0.1) is 11.7 Å². The summed E-state index contributed by atoms with van der Waals surface area (Å²) in [4.78, 5) is 2.07. The van der Waals surface area contributed by atoms with Crippen LogP contribution in [0.4, 0.5) is 13.2 Å². The summed E-state index contributed by atoms with van der Waals surface area (Å²) in [6, 6.07) is 5.22. The Bertz CT molecular complexity index is 388. The molecule has 1 aromatic rings. The number of hydrogen-bond donors (Lipinski definition) is 1. The highest BCUT2D eigenvalue weighted by atomic mass is 19.4. The van der Waals surface area contributed by atoms with Gasteiger partial charge in [0.1, 0.15) is 0 Å². The smallest absolute Gasteiger partial charge is 0.392 e. The van der Waals surface area contributed by atoms with Gasteiger partial charge in [-0.25, -0.2) is 0 Å². The first kappa shape index (κ1) is 13.4. The molecular formula is C13H16F3NO. The Kier molecular flexibility index (Phi) is 3.92. The highest BCUT2D eigenvalue weighted by Crippen LogP contribution is 2.29. The molecule has 1 unspecified atom stereocenters. The van der Waals surface area contributed by atoms with Crippen molar-refractivity contribution in [2.24, 2.45) is 0 Å². The van der Waals surface area contributed by atoms with Gasteiger partial charge in [0.2, 0.25) is 0 Å². The molecule has 2 rings (SSSR count). The normalized spacial score (nSPS) is 22.1. The van der Waals surface area contributed by atoms with E-state index in [4.69, 9.17) is 0 Å². The summed E-state index contributed by atoms with van der Waals surface area (Å²) in [5.41, 5.74) is 0.224. The summed E-state index contributed by atoms with van der Waals surface area (Å²) in [7, 11) is 0. The molecule has 1 aliphatic rings. The molecule has 0 saturated carbocycles. The number of piperidine rings is 1. The quantitative estimate of drug-likeness (QED) is 0.882. The predicted octanol–water partition coefficient (Wildman–Crippen LogP) is 2.66. The molecule has 0 spiro atoms. The van der Waals surface area contributed by atoms with Crippen molar-refractivity contribution in [1.82, 2.24) is 4.90 Å². The van der Waals surface area contributed by atoms with E-state index < -0.39 is 11.7 Å². The summed E-state index contributed by atoms with van der Waals surface area (Å²) in [5, 5.41) is 9.52. The highest BCUT2D eigenvalue weighted by molar-refractivity contribution is 5.24. The average Bonchev–Trinajstić information content (AvgIpc) is 2.28. The van der Waals surface area contributed by atoms with Crippen LogP contribution < -0.4 is 0 Å². The van der Waals surface area contributed by atoms with Gasteiger partial charge in [0, 0.05) is 13.1 Å². The first-order chi connectivity index (χ1) is 8.45. The van der Waals surface area contributed by atoms with Crippen molar-refractivity contribution < 1.29 is 18.3 Å². The molecule has 100 valence electrons. The van der Waals surface area contributed by atoms with Gasteiger partial charge in [-0.1, -0.05) is 12.1 Å². The van der Waals surface area contributed by atoms with Crippen LogP contribution in [0.1, 0.15) is 24.0 Å². The van der Waals surface area contributed by atoms with Crippen LogP contribution in [0.5, 0.6) is 0 Å². The summed E-state index contributed by atoms with van der Waals surface area (Å²) >= 11 is 0. The highest BCUT2D eigenvalue weighted by Gasteiger charge is 2.30. The van der Waals surface area contributed by atoms with Gasteiger partial charge in [-0.3, -0.25) is 4.90 Å². The third-order valence-electron chi connectivity index (χ3n) is 3.17. The van der Waals surface area contributed by atoms with Crippen LogP contribution in [0.25, 0.3) is 0 Å². The van der Waals surface area contributed by atoms with Crippen LogP contribution in [0.15, 0.2) is 24.3 Å². The number of alkyl halides is 3. The maximum Gasteiger partial charge on any atom is 0.416 e. The van der Waals surface area contributed by atoms with Crippen LogP contribution in [-0.2, 0) is 12.7 Å². The zero-order valence-electron chi connectivity index (χ0n) is 9.95. The predicted molar refractivity (Wildman–Crippen MR) is 62.0 cm³/mol. The Morgan fingerprint density at radius 3 is 2.44 bits per heavy atom. The van der Waals surface area contributed by atoms with Crippen LogP contribution in [0.3, 0.4) is 0 Å². The number of halogens is 3. The molecule has 1 atom stereocenters. The van der Waals surface area contributed by atoms with Crippen molar-refractivity contribution in [1.29, 1.82) is 0 Å². The molecule has 1 N–H and O–H groups in total. The van der Waals surface area contributed by atoms with Gasteiger partial charge < -0.3 is 5.11 Å². The van der Waals surface area contributed by atoms with Gasteiger partial charge in [0.15, 0.2) is 0 Å². The van der Waals surface area contributed by atoms with Crippen molar-refractivity contribution >= 4 is 0 Å². The lowest BCUT2D eigenvalue weighted by molar-refractivity contribution is -0.137. The monoisotopic (exact) mass is 259 g/mol. The molecule has 0 aliphatic carbocycles. The summed E-state index contributed by atoms with van der Waals surface area (Å²) in [5.74, 6) is 0. The molecule has 5 heteroatoms. The molecule has 0 bridgehead atoms. The van der Waals surface area contributed by atoms with Crippen LogP contribution in [0.2, 0.25) is 0 Å². The average molecular weight is 259 g/mol. The molecule has 1 aromatic carbocycles. The van der Waals surface area contributed by atoms with Gasteiger partial charge in [-0.05, 0) is 37.1 Å². The SMILES string of the molecule is OC1CCCN(Cc2ccc(C(F)(F)F)cc2)C1. The van der Waals surface area contributed by atoms with Crippen molar-refractivity contribution in [3.05, 3.63) is 35.4 Å². The van der Waals surface area contributed by atoms with E-state index in [0.29, 0.717) is 13.1 Å². The second-order valence-electron chi connectivity index (χ2n) is 4.73. The standard InChI is InChI=1S/C13H16F3NO/c14-13(15,16)11-5-3-10(4-6-11)8-17-7-1-2-12(18)9-17/h3-6,12,18H,1-2,7-9H2. The molecule has 0 amide bonds. The Labute approximate surface area is 104 Å². The van der Waals surface area contributed by atoms with E-state index in [2.05, 4.69) is 4.90 Å². The Hall–Kier alpha value is -1.07. The third-order valence-corrected chi connectivity index (χ3v) is 3.17. The number of aliphatic hydroxyl groups is 1. The molecule has 1 heterocycles. The topological polar surface area (TPSA) is 23.5 Å². The fraction of sp³-hybridized carbons (Fsp3) is 0.538. The maximum atomic E-state index is 12.4. The lowest BCUT2D eigenvalue weighted by Crippen LogP contribution is -2.37. The lowest BCUT2D eigenvalue weighted by atomic mass is 10.1. The third kappa shape index (κ3) is 3.46. The first-order valence-electron chi connectivity index (χ1n) is 6.02. The molecule has 18 heavy (non-hydrogen) atoms. The fourth-order valence-electron chi connectivity index (χ4n) is 2.23. The molecule has 1 aliphatic heterocycles. The lowest BCUT2D eigenvalue weighted by Gasteiger charge is -2.30. The van der Waals surface area contributed by atoms with Gasteiger partial charge in [-0.2, -0.15) is 13.2 Å². The molecule has 0 radical (unpaired) electrons. The van der Waals surface area contributed by atoms with E-state index in [-0.39, 0.29) is 6.10 Å². The zero-order valence-corrected chi connectivity index (χ0v) is 9.95. The summed E-state index contributed by atoms with van der Waals surface area (Å²) in [6.07, 6.45) is -2.85. The summed E-state index contributed by atoms with van der Waals surface area (Å²) < 4.78 is 37.2. The van der Waals surface area contributed by atoms with Gasteiger partial charge in [-0.15, -0.1) is 0 Å². The zero-order chi connectivity index (χ0) is 13.2.